The van der Waals surface area contributed by atoms with E-state index in [9.17, 15) is 41.1 Å². The lowest BCUT2D eigenvalue weighted by molar-refractivity contribution is -0.137. The number of hydrogen-bond acceptors (Lipinski definition) is 18. The van der Waals surface area contributed by atoms with Crippen molar-refractivity contribution in [1.29, 1.82) is 0 Å². The van der Waals surface area contributed by atoms with Gasteiger partial charge in [-0.2, -0.15) is 8.78 Å². The molecule has 2 aliphatic heterocycles. The van der Waals surface area contributed by atoms with Gasteiger partial charge in [0.05, 0.1) is 197 Å². The highest BCUT2D eigenvalue weighted by molar-refractivity contribution is 5.95. The molecule has 0 aromatic heterocycles. The van der Waals surface area contributed by atoms with Gasteiger partial charge in [0.25, 0.3) is 0 Å². The van der Waals surface area contributed by atoms with Crippen LogP contribution in [0, 0.1) is 52.3 Å². The minimum absolute atomic E-state index is 0.0182. The second-order valence-corrected chi connectivity index (χ2v) is 21.4. The SMILES string of the molecule is O=C(CCOCCOCCOCCOCCOCCOCCOCCOCCOCCOCCOCCOCCOCCC(=O)N1CCC2(CCC(C(=O)NCCC(=O)N3Cc4ccccc4C#Cc4ccccc43)CC2)CC1)Oc1c(F)c(F)c(F)c(F)c1F. The smallest absolute Gasteiger partial charge is 0.313 e. The van der Waals surface area contributed by atoms with E-state index in [2.05, 4.69) is 21.9 Å². The number of amides is 3. The van der Waals surface area contributed by atoms with Crippen molar-refractivity contribution in [3.63, 3.8) is 0 Å². The first-order chi connectivity index (χ1) is 44.5. The summed E-state index contributed by atoms with van der Waals surface area (Å²) in [6.07, 6.45) is 5.47. The molecule has 2 fully saturated rings. The summed E-state index contributed by atoms with van der Waals surface area (Å²) in [4.78, 5) is 55.3. The lowest BCUT2D eigenvalue weighted by Gasteiger charge is -2.45. The summed E-state index contributed by atoms with van der Waals surface area (Å²) >= 11 is 0. The molecule has 1 saturated heterocycles. The topological polar surface area (TPSA) is 216 Å². The van der Waals surface area contributed by atoms with Gasteiger partial charge in [-0.1, -0.05) is 42.2 Å². The molecule has 506 valence electrons. The van der Waals surface area contributed by atoms with Crippen molar-refractivity contribution in [3.8, 4) is 17.6 Å². The Kier molecular flexibility index (Phi) is 35.9. The monoisotopic (exact) mass is 1290 g/mol. The van der Waals surface area contributed by atoms with Gasteiger partial charge < -0.3 is 81.4 Å². The Hall–Kier alpha value is -5.77. The van der Waals surface area contributed by atoms with Crippen molar-refractivity contribution in [2.45, 2.75) is 64.3 Å². The largest absolute Gasteiger partial charge is 0.420 e. The maximum Gasteiger partial charge on any atom is 0.313 e. The Morgan fingerprint density at radius 2 is 0.813 bits per heavy atom. The minimum Gasteiger partial charge on any atom is -0.420 e. The second-order valence-electron chi connectivity index (χ2n) is 21.4. The lowest BCUT2D eigenvalue weighted by Crippen LogP contribution is -2.46. The minimum atomic E-state index is -2.36. The number of carbonyl (C=O) groups excluding carboxylic acids is 4. The number of nitrogens with zero attached hydrogens (tertiary/aromatic N) is 2. The van der Waals surface area contributed by atoms with E-state index in [4.69, 9.17) is 61.6 Å². The van der Waals surface area contributed by atoms with Crippen LogP contribution in [-0.2, 0) is 87.3 Å². The van der Waals surface area contributed by atoms with Crippen LogP contribution < -0.4 is 15.0 Å². The number of piperidine rings is 1. The zero-order valence-corrected chi connectivity index (χ0v) is 51.9. The van der Waals surface area contributed by atoms with E-state index in [0.717, 1.165) is 74.0 Å². The van der Waals surface area contributed by atoms with Gasteiger partial charge in [-0.15, -0.1) is 0 Å². The molecule has 3 aromatic rings. The molecule has 0 radical (unpaired) electrons. The first-order valence-electron chi connectivity index (χ1n) is 31.2. The predicted molar refractivity (Wildman–Crippen MR) is 320 cm³/mol. The number of nitrogens with one attached hydrogen (secondary N) is 1. The maximum atomic E-state index is 13.6. The van der Waals surface area contributed by atoms with Gasteiger partial charge in [0.15, 0.2) is 0 Å². The van der Waals surface area contributed by atoms with Gasteiger partial charge in [0.2, 0.25) is 52.6 Å². The summed E-state index contributed by atoms with van der Waals surface area (Å²) in [5.41, 5.74) is 3.66. The van der Waals surface area contributed by atoms with Crippen molar-refractivity contribution in [2.75, 3.05) is 196 Å². The number of esters is 1. The summed E-state index contributed by atoms with van der Waals surface area (Å²) in [6.45, 7) is 11.3. The van der Waals surface area contributed by atoms with E-state index in [0.29, 0.717) is 158 Å². The zero-order chi connectivity index (χ0) is 64.6. The van der Waals surface area contributed by atoms with Crippen LogP contribution in [0.15, 0.2) is 48.5 Å². The van der Waals surface area contributed by atoms with Gasteiger partial charge in [-0.05, 0) is 67.7 Å². The van der Waals surface area contributed by atoms with E-state index < -0.39 is 47.2 Å². The van der Waals surface area contributed by atoms with Crippen LogP contribution >= 0.6 is 0 Å². The van der Waals surface area contributed by atoms with Crippen LogP contribution in [0.5, 0.6) is 5.75 Å². The average Bonchev–Trinajstić information content (AvgIpc) is 1.35. The third-order valence-electron chi connectivity index (χ3n) is 15.2. The quantitative estimate of drug-likeness (QED) is 0.0121. The van der Waals surface area contributed by atoms with Crippen LogP contribution in [0.1, 0.15) is 74.5 Å². The second kappa shape index (κ2) is 43.9. The van der Waals surface area contributed by atoms with Crippen molar-refractivity contribution in [3.05, 3.63) is 94.3 Å². The number of halogens is 5. The Morgan fingerprint density at radius 3 is 1.26 bits per heavy atom. The van der Waals surface area contributed by atoms with Crippen molar-refractivity contribution in [2.24, 2.45) is 11.3 Å². The molecule has 1 aliphatic carbocycles. The molecule has 1 saturated carbocycles. The summed E-state index contributed by atoms with van der Waals surface area (Å²) < 4.78 is 142. The molecular weight excluding hydrogens is 1210 g/mol. The van der Waals surface area contributed by atoms with Crippen LogP contribution in [0.25, 0.3) is 0 Å². The first-order valence-corrected chi connectivity index (χ1v) is 31.2. The number of rotatable bonds is 47. The molecule has 1 N–H and O–H groups in total. The van der Waals surface area contributed by atoms with Gasteiger partial charge in [0.1, 0.15) is 0 Å². The van der Waals surface area contributed by atoms with Crippen molar-refractivity contribution >= 4 is 29.4 Å². The molecule has 0 unspecified atom stereocenters. The number of para-hydroxylation sites is 1. The number of ether oxygens (including phenoxy) is 14. The fourth-order valence-corrected chi connectivity index (χ4v) is 10.1. The number of likely N-dealkylation sites (tertiary alicyclic amines) is 1. The summed E-state index contributed by atoms with van der Waals surface area (Å²) in [5, 5.41) is 3.06. The standard InChI is InChI=1S/C65H88F5N3O18/c66-58-59(67)61(69)63(62(70)60(58)68)91-57(76)15-24-79-26-28-81-30-32-83-34-36-85-38-40-87-42-44-89-46-48-90-47-45-88-43-41-86-39-37-84-35-33-82-31-29-80-27-25-78-23-14-55(74)72-21-18-65(19-22-72)16-11-52(12-17-65)64(77)71-20-13-56(75)73-49-53-7-2-1-5-50(53)9-10-51-6-3-4-8-54(51)73/h1-8,52H,11-49H2,(H,71,77). The Labute approximate surface area is 529 Å². The number of hydrogen-bond donors (Lipinski definition) is 1. The molecule has 3 amide bonds. The van der Waals surface area contributed by atoms with Crippen LogP contribution in [0.3, 0.4) is 0 Å². The van der Waals surface area contributed by atoms with E-state index in [1.54, 1.807) is 4.90 Å². The molecule has 2 heterocycles. The van der Waals surface area contributed by atoms with Crippen LogP contribution in [0.2, 0.25) is 0 Å². The number of anilines is 1. The van der Waals surface area contributed by atoms with Gasteiger partial charge in [0, 0.05) is 43.1 Å². The number of benzene rings is 3. The third-order valence-corrected chi connectivity index (χ3v) is 15.2. The van der Waals surface area contributed by atoms with Crippen LogP contribution in [0.4, 0.5) is 27.6 Å². The van der Waals surface area contributed by atoms with Crippen molar-refractivity contribution < 1.29 is 107 Å². The summed E-state index contributed by atoms with van der Waals surface area (Å²) in [5.74, 6) is -7.71. The Balaban J connectivity index is 0.600. The highest BCUT2D eigenvalue weighted by Crippen LogP contribution is 2.46. The molecule has 0 bridgehead atoms. The maximum absolute atomic E-state index is 13.6. The van der Waals surface area contributed by atoms with Crippen LogP contribution in [-0.4, -0.2) is 220 Å². The fraction of sp³-hybridized carbons (Fsp3) is 0.631. The molecule has 3 aromatic carbocycles. The van der Waals surface area contributed by atoms with E-state index in [1.165, 1.54) is 0 Å². The molecule has 1 spiro atoms. The molecule has 21 nitrogen and oxygen atoms in total. The molecule has 3 aliphatic rings. The normalized spacial score (nSPS) is 14.6. The molecule has 26 heteroatoms. The van der Waals surface area contributed by atoms with Gasteiger partial charge in [-0.25, -0.2) is 13.2 Å². The highest BCUT2D eigenvalue weighted by Gasteiger charge is 2.40. The van der Waals surface area contributed by atoms with E-state index in [1.807, 2.05) is 53.4 Å². The zero-order valence-electron chi connectivity index (χ0n) is 51.9. The molecule has 91 heavy (non-hydrogen) atoms. The van der Waals surface area contributed by atoms with Crippen molar-refractivity contribution in [1.82, 2.24) is 10.2 Å². The fourth-order valence-electron chi connectivity index (χ4n) is 10.1. The molecular formula is C65H88F5N3O18. The molecule has 6 rings (SSSR count). The lowest BCUT2D eigenvalue weighted by atomic mass is 9.65. The van der Waals surface area contributed by atoms with Gasteiger partial charge >= 0.3 is 5.97 Å². The van der Waals surface area contributed by atoms with E-state index in [-0.39, 0.29) is 68.4 Å². The molecule has 0 atom stereocenters. The number of fused-ring (bicyclic) bond motifs is 2. The first kappa shape index (κ1) is 74.3. The van der Waals surface area contributed by atoms with Gasteiger partial charge in [-0.3, -0.25) is 19.2 Å². The predicted octanol–water partition coefficient (Wildman–Crippen LogP) is 6.54. The Morgan fingerprint density at radius 1 is 0.440 bits per heavy atom. The highest BCUT2D eigenvalue weighted by atomic mass is 19.2. The van der Waals surface area contributed by atoms with E-state index >= 15 is 0 Å². The third kappa shape index (κ3) is 27.8. The summed E-state index contributed by atoms with van der Waals surface area (Å²) in [7, 11) is 0. The Bertz CT molecular complexity index is 2660. The average molecular weight is 1290 g/mol. The summed E-state index contributed by atoms with van der Waals surface area (Å²) in [6, 6.07) is 15.6. The number of carbonyl (C=O) groups is 4.